The smallest absolute Gasteiger partial charge is 0.356 e. The summed E-state index contributed by atoms with van der Waals surface area (Å²) in [6.07, 6.45) is -3.28. The number of aromatic hydroxyl groups is 2. The summed E-state index contributed by atoms with van der Waals surface area (Å²) >= 11 is 0. The van der Waals surface area contributed by atoms with E-state index in [9.17, 15) is 49.8 Å². The Morgan fingerprint density at radius 1 is 0.848 bits per heavy atom. The van der Waals surface area contributed by atoms with Crippen molar-refractivity contribution in [2.75, 3.05) is 79.7 Å². The van der Waals surface area contributed by atoms with Crippen LogP contribution in [0.15, 0.2) is 71.9 Å². The summed E-state index contributed by atoms with van der Waals surface area (Å²) in [7, 11) is 7.06. The molecule has 10 N–H and O–H groups in total. The summed E-state index contributed by atoms with van der Waals surface area (Å²) < 4.78 is 49.6. The van der Waals surface area contributed by atoms with Gasteiger partial charge in [0.2, 0.25) is 11.7 Å². The Balaban J connectivity index is 0.830. The number of hydrazone groups is 1. The number of esters is 4. The number of benzene rings is 4. The number of aromatic amines is 1. The summed E-state index contributed by atoms with van der Waals surface area (Å²) in [4.78, 5) is 114. The molecule has 6 aliphatic heterocycles. The number of aromatic nitrogens is 1. The monoisotopic (exact) mass is 1450 g/mol. The van der Waals surface area contributed by atoms with Crippen LogP contribution < -0.4 is 25.5 Å². The fraction of sp³-hybridized carbons (Fsp3) is 0.532. The van der Waals surface area contributed by atoms with Gasteiger partial charge < -0.3 is 84.2 Å². The van der Waals surface area contributed by atoms with Gasteiger partial charge in [-0.05, 0) is 87.2 Å². The Morgan fingerprint density at radius 3 is 2.29 bits per heavy atom. The topological polar surface area (TPSA) is 391 Å². The number of likely N-dealkylation sites (N-methyl/N-ethyl adjacent to an activating group) is 1. The molecular weight excluding hydrogens is 1360 g/mol. The molecule has 16 atom stereocenters. The van der Waals surface area contributed by atoms with Gasteiger partial charge in [-0.15, -0.1) is 0 Å². The number of carbonyl (C=O) groups is 7. The number of hydrogen-bond acceptors (Lipinski definition) is 26. The van der Waals surface area contributed by atoms with E-state index in [4.69, 9.17) is 43.6 Å². The lowest BCUT2D eigenvalue weighted by atomic mass is 9.47. The van der Waals surface area contributed by atoms with E-state index in [1.54, 1.807) is 14.0 Å². The highest BCUT2D eigenvalue weighted by Gasteiger charge is 2.82. The molecule has 560 valence electrons. The van der Waals surface area contributed by atoms with Gasteiger partial charge in [0.1, 0.15) is 34.0 Å². The highest BCUT2D eigenvalue weighted by Crippen LogP contribution is 2.69. The number of nitrogens with two attached hydrogens (primary N) is 1. The number of carbonyl (C=O) groups excluding carboxylic acids is 7. The Kier molecular flexibility index (Phi) is 18.7. The van der Waals surface area contributed by atoms with Crippen molar-refractivity contribution < 1.29 is 102 Å². The first-order valence-corrected chi connectivity index (χ1v) is 35.9. The zero-order chi connectivity index (χ0) is 74.9. The summed E-state index contributed by atoms with van der Waals surface area (Å²) in [6, 6.07) is 13.3. The molecule has 3 aliphatic carbocycles. The van der Waals surface area contributed by atoms with Crippen molar-refractivity contribution >= 4 is 63.7 Å². The van der Waals surface area contributed by atoms with Crippen molar-refractivity contribution in [2.45, 2.75) is 175 Å². The summed E-state index contributed by atoms with van der Waals surface area (Å²) in [5, 5.41) is 76.5. The number of amides is 1. The lowest BCUT2D eigenvalue weighted by molar-refractivity contribution is -0.245. The third-order valence-electron chi connectivity index (χ3n) is 24.6. The van der Waals surface area contributed by atoms with Gasteiger partial charge in [-0.3, -0.25) is 38.6 Å². The number of para-hydroxylation sites is 1. The number of ketones is 2. The number of anilines is 1. The van der Waals surface area contributed by atoms with Crippen LogP contribution in [0.25, 0.3) is 10.9 Å². The molecule has 3 saturated heterocycles. The average Bonchev–Trinajstić information content (AvgIpc) is 1.39. The summed E-state index contributed by atoms with van der Waals surface area (Å²) in [6.45, 7) is 8.08. The first-order valence-electron chi connectivity index (χ1n) is 35.9. The van der Waals surface area contributed by atoms with Crippen molar-refractivity contribution in [3.63, 3.8) is 0 Å². The normalized spacial score (nSPS) is 32.9. The SMILES string of the molecule is CC[C@@]1(O)C[C@@H]2CN(CCc3c([nH]c4ccccc34)C(C(=O)OC)(c3cc4c(cc3OC)N(C)[C@H]3C(OC(=O)CCC(=O)N/N=C(\CO)[C@@]5(O)Cc6c(O)c7c(c(O)c6[C@H](O[C@@H]6C[C@H](N)[C@H](O)[C@H](C)O6)C5)C(=O)c5c(OC)cccc5C7=O)(C(=O)OC)[C@H](OC(C)=O)[C@@]5(CC)C=CCN6CCC43[C@H]65)C2)C1. The number of nitrogens with one attached hydrogen (secondary N) is 2. The molecule has 9 aliphatic rings. The van der Waals surface area contributed by atoms with Gasteiger partial charge in [-0.1, -0.05) is 56.3 Å². The number of nitrogens with zero attached hydrogens (tertiary/aromatic N) is 4. The Labute approximate surface area is 605 Å². The van der Waals surface area contributed by atoms with Crippen LogP contribution in [0.1, 0.15) is 157 Å². The molecule has 0 radical (unpaired) electrons. The second-order valence-corrected chi connectivity index (χ2v) is 30.0. The number of methoxy groups -OCH3 is 4. The standard InChI is InChI=1S/C77H91N7O21/c1-10-72(96)31-40-32-76(70(94)100-8,66-42(22-26-83(35-40)37-72)41-16-12-13-18-48(41)79-66)46-28-45-49(30-51(46)99-7)82(5)68-75(45)24-27-84-25-15-23-73(11-2,67(75)84)69(103-39(4)86)77(68,71(95)101-9)105-55(88)21-20-54(87)81-80-53(36-85)74(97)33-44-58(52(34-74)104-56-29-47(78)61(89)38(3)102-56)65(93)60-59(63(44)91)62(90)43-17-14-19-50(98-6)57(43)64(60)92/h12-19,23,28,30,38,40,47,52,56,61,67-69,79,85,89,91,93,96-97H,10-11,20-22,24-27,29,31-37,78H2,1-9H3,(H,81,87)/b80-53+/t38-,40-,47-,52+,56+,61+,67+,68+,69+,72+,73-,74+,75?,76?,77?/m0/s1. The third-order valence-corrected chi connectivity index (χ3v) is 24.6. The van der Waals surface area contributed by atoms with Crippen LogP contribution in [0.5, 0.6) is 23.0 Å². The van der Waals surface area contributed by atoms with Crippen molar-refractivity contribution in [3.8, 4) is 23.0 Å². The molecule has 105 heavy (non-hydrogen) atoms. The van der Waals surface area contributed by atoms with E-state index in [2.05, 4.69) is 25.3 Å². The quantitative estimate of drug-likeness (QED) is 0.0154. The number of phenolic OH excluding ortho intramolecular Hbond substituents is 2. The number of H-pyrrole nitrogens is 1. The maximum absolute atomic E-state index is 15.9. The van der Waals surface area contributed by atoms with Gasteiger partial charge >= 0.3 is 23.9 Å². The van der Waals surface area contributed by atoms with Crippen LogP contribution in [0.3, 0.4) is 0 Å². The summed E-state index contributed by atoms with van der Waals surface area (Å²) in [5.41, 5.74) is -0.133. The number of ether oxygens (including phenoxy) is 8. The Bertz CT molecular complexity index is 4490. The summed E-state index contributed by atoms with van der Waals surface area (Å²) in [5.74, 6) is -7.78. The van der Waals surface area contributed by atoms with Crippen molar-refractivity contribution in [1.82, 2.24) is 20.2 Å². The molecule has 5 aromatic rings. The molecule has 7 heterocycles. The number of phenols is 2. The fourth-order valence-corrected chi connectivity index (χ4v) is 20.2. The maximum atomic E-state index is 15.9. The zero-order valence-corrected chi connectivity index (χ0v) is 60.2. The number of piperidine rings is 1. The number of rotatable bonds is 17. The van der Waals surface area contributed by atoms with Gasteiger partial charge in [-0.2, -0.15) is 5.10 Å². The number of fused-ring (bicyclic) bond motifs is 9. The fourth-order valence-electron chi connectivity index (χ4n) is 20.2. The maximum Gasteiger partial charge on any atom is 0.356 e. The van der Waals surface area contributed by atoms with Crippen LogP contribution in [0.4, 0.5) is 5.69 Å². The van der Waals surface area contributed by atoms with Crippen molar-refractivity contribution in [1.29, 1.82) is 0 Å². The second-order valence-electron chi connectivity index (χ2n) is 30.0. The molecule has 28 heteroatoms. The Morgan fingerprint density at radius 2 is 1.59 bits per heavy atom. The number of hydrogen-bond donors (Lipinski definition) is 9. The lowest BCUT2D eigenvalue weighted by Gasteiger charge is -2.64. The predicted molar refractivity (Wildman–Crippen MR) is 376 cm³/mol. The number of aliphatic hydroxyl groups excluding tert-OH is 2. The Hall–Kier alpha value is -8.84. The van der Waals surface area contributed by atoms with Crippen LogP contribution in [0, 0.1) is 11.3 Å². The van der Waals surface area contributed by atoms with E-state index >= 15 is 14.4 Å². The molecule has 28 nitrogen and oxygen atoms in total. The molecule has 4 fully saturated rings. The van der Waals surface area contributed by atoms with Crippen LogP contribution in [0.2, 0.25) is 0 Å². The van der Waals surface area contributed by atoms with E-state index in [0.29, 0.717) is 86.7 Å². The molecule has 1 aromatic heterocycles. The molecular formula is C77H91N7O21. The van der Waals surface area contributed by atoms with E-state index in [0.717, 1.165) is 23.6 Å². The molecule has 1 spiro atoms. The molecule has 2 bridgehead atoms. The van der Waals surface area contributed by atoms with E-state index in [1.807, 2.05) is 67.3 Å². The minimum atomic E-state index is -2.56. The zero-order valence-electron chi connectivity index (χ0n) is 60.2. The van der Waals surface area contributed by atoms with Crippen LogP contribution >= 0.6 is 0 Å². The average molecular weight is 1450 g/mol. The van der Waals surface area contributed by atoms with Gasteiger partial charge in [-0.25, -0.2) is 10.2 Å². The molecule has 4 unspecified atom stereocenters. The second kappa shape index (κ2) is 26.9. The van der Waals surface area contributed by atoms with Gasteiger partial charge in [0.25, 0.3) is 5.60 Å². The van der Waals surface area contributed by atoms with Gasteiger partial charge in [0.15, 0.2) is 18.2 Å². The highest BCUT2D eigenvalue weighted by atomic mass is 16.7. The third kappa shape index (κ3) is 11.0. The van der Waals surface area contributed by atoms with E-state index < -0.39 is 184 Å². The van der Waals surface area contributed by atoms with E-state index in [-0.39, 0.29) is 53.2 Å². The van der Waals surface area contributed by atoms with Crippen molar-refractivity contribution in [3.05, 3.63) is 123 Å². The largest absolute Gasteiger partial charge is 0.507 e. The minimum absolute atomic E-state index is 0.0213. The first kappa shape index (κ1) is 73.1. The lowest BCUT2D eigenvalue weighted by Crippen LogP contribution is -2.82. The van der Waals surface area contributed by atoms with Crippen molar-refractivity contribution in [2.24, 2.45) is 22.2 Å². The molecule has 1 amide bonds. The molecule has 4 aromatic carbocycles. The molecule has 14 rings (SSSR count). The first-order chi connectivity index (χ1) is 50.1. The predicted octanol–water partition coefficient (Wildman–Crippen LogP) is 4.24. The molecule has 1 saturated carbocycles. The highest BCUT2D eigenvalue weighted by molar-refractivity contribution is 6.31. The van der Waals surface area contributed by atoms with Crippen LogP contribution in [-0.4, -0.2) is 227 Å². The minimum Gasteiger partial charge on any atom is -0.507 e. The van der Waals surface area contributed by atoms with Gasteiger partial charge in [0.05, 0.1) is 93.8 Å². The van der Waals surface area contributed by atoms with Crippen LogP contribution in [-0.2, 0) is 76.1 Å². The number of aliphatic hydroxyl groups is 4. The van der Waals surface area contributed by atoms with E-state index in [1.165, 1.54) is 46.5 Å². The van der Waals surface area contributed by atoms with Gasteiger partial charge in [0, 0.05) is 139 Å².